The van der Waals surface area contributed by atoms with Crippen LogP contribution in [-0.4, -0.2) is 6.08 Å². The monoisotopic (exact) mass is 281 g/mol. The zero-order chi connectivity index (χ0) is 14.7. The summed E-state index contributed by atoms with van der Waals surface area (Å²) in [4.78, 5) is 14.9. The highest BCUT2D eigenvalue weighted by atomic mass is 19.1. The van der Waals surface area contributed by atoms with E-state index < -0.39 is 5.54 Å². The van der Waals surface area contributed by atoms with Crippen molar-refractivity contribution in [2.75, 3.05) is 0 Å². The fraction of sp³-hybridized carbons (Fsp3) is 0.278. The van der Waals surface area contributed by atoms with Crippen molar-refractivity contribution < 1.29 is 9.18 Å². The number of nitrogens with zero attached hydrogens (tertiary/aromatic N) is 1. The maximum atomic E-state index is 14.1. The molecule has 1 saturated carbocycles. The lowest BCUT2D eigenvalue weighted by molar-refractivity contribution is 0.455. The number of isocyanates is 1. The molecular formula is C18H16FNO. The fourth-order valence-electron chi connectivity index (χ4n) is 3.17. The molecule has 2 aromatic rings. The van der Waals surface area contributed by atoms with E-state index in [0.717, 1.165) is 36.8 Å². The standard InChI is InChI=1S/C18H16FNO/c19-17-9-8-15(18(20-13-21)10-4-5-11-18)12-16(17)14-6-2-1-3-7-14/h1-3,6-9,12H,4-5,10-11H2. The molecule has 106 valence electrons. The van der Waals surface area contributed by atoms with Crippen molar-refractivity contribution in [3.05, 3.63) is 59.9 Å². The van der Waals surface area contributed by atoms with Gasteiger partial charge in [-0.1, -0.05) is 49.2 Å². The highest BCUT2D eigenvalue weighted by Crippen LogP contribution is 2.43. The summed E-state index contributed by atoms with van der Waals surface area (Å²) in [6.45, 7) is 0. The molecule has 0 radical (unpaired) electrons. The lowest BCUT2D eigenvalue weighted by Gasteiger charge is -2.23. The molecule has 1 aliphatic carbocycles. The average Bonchev–Trinajstić information content (AvgIpc) is 2.99. The minimum atomic E-state index is -0.515. The molecule has 2 aromatic carbocycles. The number of rotatable bonds is 3. The third-order valence-electron chi connectivity index (χ3n) is 4.28. The SMILES string of the molecule is O=C=NC1(c2ccc(F)c(-c3ccccc3)c2)CCCC1. The Morgan fingerprint density at radius 2 is 1.76 bits per heavy atom. The second-order valence-electron chi connectivity index (χ2n) is 5.50. The molecule has 0 amide bonds. The topological polar surface area (TPSA) is 29.4 Å². The Kier molecular flexibility index (Phi) is 3.68. The highest BCUT2D eigenvalue weighted by Gasteiger charge is 2.36. The van der Waals surface area contributed by atoms with Gasteiger partial charge in [0.1, 0.15) is 5.82 Å². The van der Waals surface area contributed by atoms with E-state index in [1.807, 2.05) is 36.4 Å². The molecule has 1 fully saturated rings. The van der Waals surface area contributed by atoms with Crippen LogP contribution in [0.1, 0.15) is 31.2 Å². The van der Waals surface area contributed by atoms with Gasteiger partial charge in [0.2, 0.25) is 6.08 Å². The number of hydrogen-bond donors (Lipinski definition) is 0. The summed E-state index contributed by atoms with van der Waals surface area (Å²) in [5.41, 5.74) is 1.78. The molecule has 0 bridgehead atoms. The van der Waals surface area contributed by atoms with Crippen LogP contribution < -0.4 is 0 Å². The molecule has 0 aliphatic heterocycles. The van der Waals surface area contributed by atoms with Crippen molar-refractivity contribution in [2.24, 2.45) is 4.99 Å². The first-order chi connectivity index (χ1) is 10.2. The molecule has 0 unspecified atom stereocenters. The van der Waals surface area contributed by atoms with E-state index in [2.05, 4.69) is 4.99 Å². The average molecular weight is 281 g/mol. The minimum Gasteiger partial charge on any atom is -0.211 e. The molecule has 0 saturated heterocycles. The molecule has 0 spiro atoms. The summed E-state index contributed by atoms with van der Waals surface area (Å²) in [5, 5.41) is 0. The number of aliphatic imine (C=N–C) groups is 1. The predicted molar refractivity (Wildman–Crippen MR) is 80.1 cm³/mol. The summed E-state index contributed by atoms with van der Waals surface area (Å²) in [5.74, 6) is -0.256. The van der Waals surface area contributed by atoms with Crippen molar-refractivity contribution in [3.8, 4) is 11.1 Å². The van der Waals surface area contributed by atoms with Gasteiger partial charge in [-0.25, -0.2) is 9.18 Å². The summed E-state index contributed by atoms with van der Waals surface area (Å²) >= 11 is 0. The molecule has 21 heavy (non-hydrogen) atoms. The summed E-state index contributed by atoms with van der Waals surface area (Å²) in [7, 11) is 0. The van der Waals surface area contributed by atoms with Crippen molar-refractivity contribution in [2.45, 2.75) is 31.2 Å². The van der Waals surface area contributed by atoms with Crippen LogP contribution in [0.4, 0.5) is 4.39 Å². The summed E-state index contributed by atoms with van der Waals surface area (Å²) in [6, 6.07) is 14.5. The van der Waals surface area contributed by atoms with Gasteiger partial charge in [0.05, 0.1) is 5.54 Å². The third kappa shape index (κ3) is 2.53. The molecule has 1 aliphatic rings. The summed E-state index contributed by atoms with van der Waals surface area (Å²) in [6.07, 6.45) is 5.41. The van der Waals surface area contributed by atoms with Gasteiger partial charge in [0.15, 0.2) is 0 Å². The quantitative estimate of drug-likeness (QED) is 0.597. The Balaban J connectivity index is 2.11. The van der Waals surface area contributed by atoms with Gasteiger partial charge in [-0.15, -0.1) is 0 Å². The van der Waals surface area contributed by atoms with Crippen LogP contribution in [0.3, 0.4) is 0 Å². The van der Waals surface area contributed by atoms with Gasteiger partial charge in [0, 0.05) is 5.56 Å². The molecule has 3 rings (SSSR count). The van der Waals surface area contributed by atoms with Gasteiger partial charge in [-0.3, -0.25) is 0 Å². The normalized spacial score (nSPS) is 16.4. The lowest BCUT2D eigenvalue weighted by Crippen LogP contribution is -2.19. The van der Waals surface area contributed by atoms with Crippen LogP contribution in [0.25, 0.3) is 11.1 Å². The van der Waals surface area contributed by atoms with Crippen molar-refractivity contribution in [3.63, 3.8) is 0 Å². The van der Waals surface area contributed by atoms with E-state index in [9.17, 15) is 9.18 Å². The molecule has 0 atom stereocenters. The third-order valence-corrected chi connectivity index (χ3v) is 4.28. The smallest absolute Gasteiger partial charge is 0.211 e. The van der Waals surface area contributed by atoms with Crippen LogP contribution in [-0.2, 0) is 10.3 Å². The molecule has 0 heterocycles. The van der Waals surface area contributed by atoms with Crippen LogP contribution in [0.5, 0.6) is 0 Å². The first-order valence-corrected chi connectivity index (χ1v) is 7.20. The highest BCUT2D eigenvalue weighted by molar-refractivity contribution is 5.65. The first kappa shape index (κ1) is 13.7. The van der Waals surface area contributed by atoms with E-state index in [0.29, 0.717) is 5.56 Å². The van der Waals surface area contributed by atoms with Gasteiger partial charge >= 0.3 is 0 Å². The number of benzene rings is 2. The second kappa shape index (κ2) is 5.63. The Bertz CT molecular complexity index is 684. The minimum absolute atomic E-state index is 0.256. The maximum absolute atomic E-state index is 14.1. The largest absolute Gasteiger partial charge is 0.235 e. The van der Waals surface area contributed by atoms with E-state index in [1.54, 1.807) is 12.1 Å². The van der Waals surface area contributed by atoms with Gasteiger partial charge in [-0.05, 0) is 36.1 Å². The predicted octanol–water partition coefficient (Wildman–Crippen LogP) is 4.60. The Morgan fingerprint density at radius 3 is 2.43 bits per heavy atom. The van der Waals surface area contributed by atoms with Crippen molar-refractivity contribution in [1.29, 1.82) is 0 Å². The number of halogens is 1. The van der Waals surface area contributed by atoms with Crippen molar-refractivity contribution >= 4 is 6.08 Å². The fourth-order valence-corrected chi connectivity index (χ4v) is 3.17. The Labute approximate surface area is 123 Å². The van der Waals surface area contributed by atoms with Gasteiger partial charge in [-0.2, -0.15) is 4.99 Å². The molecule has 0 aromatic heterocycles. The van der Waals surface area contributed by atoms with Crippen LogP contribution >= 0.6 is 0 Å². The number of carbonyl (C=O) groups excluding carboxylic acids is 1. The molecule has 0 N–H and O–H groups in total. The van der Waals surface area contributed by atoms with Crippen LogP contribution in [0, 0.1) is 5.82 Å². The maximum Gasteiger partial charge on any atom is 0.235 e. The Hall–Kier alpha value is -2.25. The van der Waals surface area contributed by atoms with Crippen molar-refractivity contribution in [1.82, 2.24) is 0 Å². The zero-order valence-electron chi connectivity index (χ0n) is 11.7. The lowest BCUT2D eigenvalue weighted by atomic mass is 9.87. The van der Waals surface area contributed by atoms with E-state index in [-0.39, 0.29) is 5.82 Å². The summed E-state index contributed by atoms with van der Waals surface area (Å²) < 4.78 is 14.1. The Morgan fingerprint density at radius 1 is 1.05 bits per heavy atom. The van der Waals surface area contributed by atoms with E-state index >= 15 is 0 Å². The molecule has 2 nitrogen and oxygen atoms in total. The molecule has 3 heteroatoms. The number of hydrogen-bond acceptors (Lipinski definition) is 2. The first-order valence-electron chi connectivity index (χ1n) is 7.20. The van der Waals surface area contributed by atoms with Crippen LogP contribution in [0.2, 0.25) is 0 Å². The van der Waals surface area contributed by atoms with Gasteiger partial charge < -0.3 is 0 Å². The van der Waals surface area contributed by atoms with E-state index in [1.165, 1.54) is 6.07 Å². The zero-order valence-corrected chi connectivity index (χ0v) is 11.7. The van der Waals surface area contributed by atoms with Gasteiger partial charge in [0.25, 0.3) is 0 Å². The van der Waals surface area contributed by atoms with Crippen LogP contribution in [0.15, 0.2) is 53.5 Å². The van der Waals surface area contributed by atoms with E-state index in [4.69, 9.17) is 0 Å². The molecular weight excluding hydrogens is 265 g/mol. The second-order valence-corrected chi connectivity index (χ2v) is 5.50.